The first-order valence-corrected chi connectivity index (χ1v) is 8.57. The van der Waals surface area contributed by atoms with Crippen molar-refractivity contribution in [3.05, 3.63) is 53.3 Å². The van der Waals surface area contributed by atoms with Crippen molar-refractivity contribution in [3.63, 3.8) is 0 Å². The molecule has 25 heavy (non-hydrogen) atoms. The molecule has 0 radical (unpaired) electrons. The number of carbonyl (C=O) groups excluding carboxylic acids is 1. The van der Waals surface area contributed by atoms with Gasteiger partial charge < -0.3 is 14.8 Å². The highest BCUT2D eigenvalue weighted by molar-refractivity contribution is 7.16. The molecule has 5 nitrogen and oxygen atoms in total. The Bertz CT molecular complexity index is 882. The molecule has 0 aliphatic rings. The van der Waals surface area contributed by atoms with E-state index in [1.807, 2.05) is 12.1 Å². The van der Waals surface area contributed by atoms with Gasteiger partial charge in [-0.15, -0.1) is 11.3 Å². The monoisotopic (exact) mass is 360 g/mol. The zero-order chi connectivity index (χ0) is 17.6. The third-order valence-corrected chi connectivity index (χ3v) is 4.35. The lowest BCUT2D eigenvalue weighted by molar-refractivity contribution is -0.115. The van der Waals surface area contributed by atoms with Gasteiger partial charge in [-0.25, -0.2) is 9.37 Å². The minimum atomic E-state index is -0.522. The molecule has 2 aromatic carbocycles. The van der Waals surface area contributed by atoms with Gasteiger partial charge in [-0.2, -0.15) is 0 Å². The molecule has 130 valence electrons. The maximum atomic E-state index is 14.4. The van der Waals surface area contributed by atoms with Gasteiger partial charge in [-0.05, 0) is 24.3 Å². The number of nitrogens with zero attached hydrogens (tertiary/aromatic N) is 1. The number of aromatic nitrogens is 1. The van der Waals surface area contributed by atoms with Gasteiger partial charge in [0.2, 0.25) is 5.91 Å². The molecule has 0 aliphatic carbocycles. The third kappa shape index (κ3) is 4.32. The molecule has 0 saturated carbocycles. The second kappa shape index (κ2) is 8.04. The van der Waals surface area contributed by atoms with Gasteiger partial charge in [0, 0.05) is 18.4 Å². The van der Waals surface area contributed by atoms with E-state index >= 15 is 0 Å². The number of rotatable bonds is 7. The van der Waals surface area contributed by atoms with Crippen LogP contribution in [0.5, 0.6) is 5.75 Å². The first-order chi connectivity index (χ1) is 12.2. The minimum Gasteiger partial charge on any atom is -0.488 e. The second-order valence-electron chi connectivity index (χ2n) is 5.33. The van der Waals surface area contributed by atoms with Crippen LogP contribution in [0.4, 0.5) is 10.1 Å². The molecule has 0 aliphatic heterocycles. The molecule has 0 fully saturated rings. The molecule has 0 unspecified atom stereocenters. The van der Waals surface area contributed by atoms with E-state index < -0.39 is 5.82 Å². The summed E-state index contributed by atoms with van der Waals surface area (Å²) in [4.78, 5) is 16.4. The van der Waals surface area contributed by atoms with Crippen LogP contribution < -0.4 is 10.1 Å². The molecular formula is C18H17FN2O3S. The second-order valence-corrected chi connectivity index (χ2v) is 6.22. The van der Waals surface area contributed by atoms with Gasteiger partial charge in [0.15, 0.2) is 11.6 Å². The average molecular weight is 360 g/mol. The van der Waals surface area contributed by atoms with Gasteiger partial charge >= 0.3 is 0 Å². The highest BCUT2D eigenvalue weighted by Crippen LogP contribution is 2.23. The number of hydrogen-bond donors (Lipinski definition) is 1. The summed E-state index contributed by atoms with van der Waals surface area (Å²) < 4.78 is 25.6. The molecule has 1 amide bonds. The zero-order valence-corrected chi connectivity index (χ0v) is 14.4. The van der Waals surface area contributed by atoms with Crippen LogP contribution in [0.25, 0.3) is 10.2 Å². The Morgan fingerprint density at radius 1 is 1.28 bits per heavy atom. The standard InChI is InChI=1S/C18H17FN2O3S/c1-23-7-8-24-15-4-2-3-12(18(15)19)9-17(22)21-13-5-6-14-16(10-13)25-11-20-14/h2-6,10-11H,7-9H2,1H3,(H,21,22). The quantitative estimate of drug-likeness (QED) is 0.654. The largest absolute Gasteiger partial charge is 0.488 e. The van der Waals surface area contributed by atoms with Gasteiger partial charge in [-0.3, -0.25) is 4.79 Å². The number of hydrogen-bond acceptors (Lipinski definition) is 5. The fourth-order valence-corrected chi connectivity index (χ4v) is 3.07. The first kappa shape index (κ1) is 17.3. The van der Waals surface area contributed by atoms with E-state index in [1.54, 1.807) is 30.8 Å². The van der Waals surface area contributed by atoms with E-state index in [9.17, 15) is 9.18 Å². The lowest BCUT2D eigenvalue weighted by atomic mass is 10.1. The van der Waals surface area contributed by atoms with Crippen LogP contribution >= 0.6 is 11.3 Å². The number of ether oxygens (including phenoxy) is 2. The minimum absolute atomic E-state index is 0.0754. The van der Waals surface area contributed by atoms with Crippen molar-refractivity contribution in [2.24, 2.45) is 0 Å². The summed E-state index contributed by atoms with van der Waals surface area (Å²) in [7, 11) is 1.55. The van der Waals surface area contributed by atoms with Gasteiger partial charge in [0.25, 0.3) is 0 Å². The summed E-state index contributed by atoms with van der Waals surface area (Å²) in [6.07, 6.45) is -0.0754. The maximum absolute atomic E-state index is 14.4. The number of anilines is 1. The van der Waals surface area contributed by atoms with Crippen molar-refractivity contribution in [2.45, 2.75) is 6.42 Å². The SMILES string of the molecule is COCCOc1cccc(CC(=O)Nc2ccc3ncsc3c2)c1F. The van der Waals surface area contributed by atoms with Crippen molar-refractivity contribution in [3.8, 4) is 5.75 Å². The molecule has 1 heterocycles. The summed E-state index contributed by atoms with van der Waals surface area (Å²) in [5, 5.41) is 2.78. The lowest BCUT2D eigenvalue weighted by Gasteiger charge is -2.10. The van der Waals surface area contributed by atoms with Gasteiger partial charge in [0.05, 0.1) is 28.8 Å². The molecule has 0 spiro atoms. The van der Waals surface area contributed by atoms with E-state index in [0.29, 0.717) is 12.3 Å². The summed E-state index contributed by atoms with van der Waals surface area (Å²) in [5.41, 5.74) is 3.58. The third-order valence-electron chi connectivity index (χ3n) is 3.55. The van der Waals surface area contributed by atoms with Crippen molar-refractivity contribution >= 4 is 33.1 Å². The molecular weight excluding hydrogens is 343 g/mol. The molecule has 0 atom stereocenters. The highest BCUT2D eigenvalue weighted by Gasteiger charge is 2.13. The van der Waals surface area contributed by atoms with Crippen LogP contribution in [0, 0.1) is 5.82 Å². The normalized spacial score (nSPS) is 10.8. The molecule has 1 aromatic heterocycles. The summed E-state index contributed by atoms with van der Waals surface area (Å²) in [6.45, 7) is 0.613. The number of nitrogens with one attached hydrogen (secondary N) is 1. The zero-order valence-electron chi connectivity index (χ0n) is 13.6. The Kier molecular flexibility index (Phi) is 5.57. The Morgan fingerprint density at radius 2 is 2.16 bits per heavy atom. The molecule has 3 aromatic rings. The Labute approximate surface area is 148 Å². The van der Waals surface area contributed by atoms with E-state index in [-0.39, 0.29) is 30.2 Å². The summed E-state index contributed by atoms with van der Waals surface area (Å²) >= 11 is 1.50. The number of thiazole rings is 1. The van der Waals surface area contributed by atoms with Crippen LogP contribution in [0.3, 0.4) is 0 Å². The van der Waals surface area contributed by atoms with Crippen LogP contribution in [0.1, 0.15) is 5.56 Å². The number of methoxy groups -OCH3 is 1. The van der Waals surface area contributed by atoms with E-state index in [2.05, 4.69) is 10.3 Å². The van der Waals surface area contributed by atoms with Crippen LogP contribution in [0.15, 0.2) is 41.9 Å². The molecule has 0 bridgehead atoms. The maximum Gasteiger partial charge on any atom is 0.228 e. The Morgan fingerprint density at radius 3 is 3.00 bits per heavy atom. The van der Waals surface area contributed by atoms with Crippen molar-refractivity contribution in [1.82, 2.24) is 4.98 Å². The number of carbonyl (C=O) groups is 1. The smallest absolute Gasteiger partial charge is 0.228 e. The molecule has 0 saturated heterocycles. The number of halogens is 1. The summed E-state index contributed by atoms with van der Waals surface area (Å²) in [5.74, 6) is -0.697. The van der Waals surface area contributed by atoms with Crippen LogP contribution in [-0.4, -0.2) is 31.2 Å². The average Bonchev–Trinajstić information content (AvgIpc) is 3.06. The fraction of sp³-hybridized carbons (Fsp3) is 0.222. The fourth-order valence-electron chi connectivity index (χ4n) is 2.35. The van der Waals surface area contributed by atoms with Gasteiger partial charge in [0.1, 0.15) is 6.61 Å². The van der Waals surface area contributed by atoms with Crippen molar-refractivity contribution < 1.29 is 18.7 Å². The lowest BCUT2D eigenvalue weighted by Crippen LogP contribution is -2.15. The van der Waals surface area contributed by atoms with E-state index in [4.69, 9.17) is 9.47 Å². The van der Waals surface area contributed by atoms with Gasteiger partial charge in [-0.1, -0.05) is 12.1 Å². The number of benzene rings is 2. The number of fused-ring (bicyclic) bond motifs is 1. The van der Waals surface area contributed by atoms with Crippen LogP contribution in [0.2, 0.25) is 0 Å². The predicted octanol–water partition coefficient (Wildman–Crippen LogP) is 3.64. The number of amides is 1. The molecule has 7 heteroatoms. The van der Waals surface area contributed by atoms with E-state index in [1.165, 1.54) is 17.4 Å². The van der Waals surface area contributed by atoms with Crippen molar-refractivity contribution in [1.29, 1.82) is 0 Å². The summed E-state index contributed by atoms with van der Waals surface area (Å²) in [6, 6.07) is 10.2. The van der Waals surface area contributed by atoms with E-state index in [0.717, 1.165) is 10.2 Å². The highest BCUT2D eigenvalue weighted by atomic mass is 32.1. The van der Waals surface area contributed by atoms with Crippen LogP contribution in [-0.2, 0) is 16.0 Å². The van der Waals surface area contributed by atoms with Crippen molar-refractivity contribution in [2.75, 3.05) is 25.6 Å². The topological polar surface area (TPSA) is 60.5 Å². The first-order valence-electron chi connectivity index (χ1n) is 7.69. The molecule has 1 N–H and O–H groups in total. The Hall–Kier alpha value is -2.51. The molecule has 3 rings (SSSR count). The predicted molar refractivity (Wildman–Crippen MR) is 95.7 cm³/mol. The Balaban J connectivity index is 1.66.